The number of sulfonamides is 1. The van der Waals surface area contributed by atoms with Gasteiger partial charge in [0.25, 0.3) is 0 Å². The van der Waals surface area contributed by atoms with Crippen molar-refractivity contribution in [1.82, 2.24) is 4.72 Å². The number of halogens is 1. The molecule has 0 bridgehead atoms. The van der Waals surface area contributed by atoms with Gasteiger partial charge in [-0.15, -0.1) is 0 Å². The molecule has 1 saturated carbocycles. The minimum atomic E-state index is -3.47. The molecule has 1 aliphatic carbocycles. The fourth-order valence-electron chi connectivity index (χ4n) is 1.77. The topological polar surface area (TPSA) is 72.2 Å². The predicted molar refractivity (Wildman–Crippen MR) is 71.1 cm³/mol. The molecule has 0 atom stereocenters. The third-order valence-corrected chi connectivity index (χ3v) is 5.04. The van der Waals surface area contributed by atoms with Crippen molar-refractivity contribution in [2.45, 2.75) is 24.2 Å². The second-order valence-corrected chi connectivity index (χ2v) is 6.98. The molecule has 6 heteroatoms. The first-order valence-electron chi connectivity index (χ1n) is 5.54. The highest BCUT2D eigenvalue weighted by molar-refractivity contribution is 9.10. The number of hydrogen-bond acceptors (Lipinski definition) is 3. The highest BCUT2D eigenvalue weighted by Gasteiger charge is 2.22. The number of nitrogen functional groups attached to an aromatic ring is 1. The Hall–Kier alpha value is -0.590. The van der Waals surface area contributed by atoms with Crippen LogP contribution in [0.5, 0.6) is 0 Å². The van der Waals surface area contributed by atoms with Gasteiger partial charge in [-0.3, -0.25) is 0 Å². The third kappa shape index (κ3) is 3.00. The van der Waals surface area contributed by atoms with Crippen LogP contribution in [0.1, 0.15) is 19.3 Å². The molecule has 94 valence electrons. The van der Waals surface area contributed by atoms with Crippen LogP contribution in [-0.2, 0) is 10.0 Å². The SMILES string of the molecule is Nc1cc(Br)ccc1S(=O)(=O)NCC1CCC1. The predicted octanol–water partition coefficient (Wildman–Crippen LogP) is 2.11. The number of anilines is 1. The lowest BCUT2D eigenvalue weighted by atomic mass is 9.86. The molecular weight excluding hydrogens is 304 g/mol. The molecule has 1 aromatic carbocycles. The second kappa shape index (κ2) is 4.96. The van der Waals surface area contributed by atoms with Crippen LogP contribution in [-0.4, -0.2) is 15.0 Å². The molecule has 0 amide bonds. The normalized spacial score (nSPS) is 16.8. The van der Waals surface area contributed by atoms with Gasteiger partial charge in [-0.1, -0.05) is 22.4 Å². The fraction of sp³-hybridized carbons (Fsp3) is 0.455. The molecule has 1 aromatic rings. The molecule has 0 saturated heterocycles. The summed E-state index contributed by atoms with van der Waals surface area (Å²) in [5.41, 5.74) is 5.98. The number of benzene rings is 1. The summed E-state index contributed by atoms with van der Waals surface area (Å²) < 4.78 is 27.4. The molecular formula is C11H15BrN2O2S. The number of nitrogens with two attached hydrogens (primary N) is 1. The van der Waals surface area contributed by atoms with Crippen molar-refractivity contribution in [3.05, 3.63) is 22.7 Å². The van der Waals surface area contributed by atoms with Gasteiger partial charge >= 0.3 is 0 Å². The average Bonchev–Trinajstić information content (AvgIpc) is 2.13. The van der Waals surface area contributed by atoms with E-state index in [1.807, 2.05) is 0 Å². The number of hydrogen-bond donors (Lipinski definition) is 2. The van der Waals surface area contributed by atoms with E-state index in [1.165, 1.54) is 12.5 Å². The van der Waals surface area contributed by atoms with Crippen LogP contribution in [0.15, 0.2) is 27.6 Å². The molecule has 0 aromatic heterocycles. The fourth-order valence-corrected chi connectivity index (χ4v) is 3.37. The summed E-state index contributed by atoms with van der Waals surface area (Å²) in [7, 11) is -3.47. The van der Waals surface area contributed by atoms with Crippen molar-refractivity contribution in [2.75, 3.05) is 12.3 Å². The first-order chi connectivity index (χ1) is 7.99. The maximum atomic E-state index is 12.0. The van der Waals surface area contributed by atoms with E-state index in [9.17, 15) is 8.42 Å². The minimum absolute atomic E-state index is 0.153. The zero-order chi connectivity index (χ0) is 12.5. The number of nitrogens with one attached hydrogen (secondary N) is 1. The van der Waals surface area contributed by atoms with Crippen molar-refractivity contribution >= 4 is 31.6 Å². The molecule has 1 fully saturated rings. The molecule has 4 nitrogen and oxygen atoms in total. The van der Waals surface area contributed by atoms with E-state index in [2.05, 4.69) is 20.7 Å². The van der Waals surface area contributed by atoms with Crippen LogP contribution >= 0.6 is 15.9 Å². The van der Waals surface area contributed by atoms with Gasteiger partial charge in [0, 0.05) is 11.0 Å². The van der Waals surface area contributed by atoms with E-state index in [1.54, 1.807) is 12.1 Å². The van der Waals surface area contributed by atoms with Gasteiger partial charge in [0.2, 0.25) is 10.0 Å². The second-order valence-electron chi connectivity index (χ2n) is 4.33. The van der Waals surface area contributed by atoms with Gasteiger partial charge < -0.3 is 5.73 Å². The molecule has 0 spiro atoms. The highest BCUT2D eigenvalue weighted by Crippen LogP contribution is 2.27. The number of rotatable bonds is 4. The minimum Gasteiger partial charge on any atom is -0.398 e. The van der Waals surface area contributed by atoms with Crippen LogP contribution in [0, 0.1) is 5.92 Å². The molecule has 1 aliphatic rings. The van der Waals surface area contributed by atoms with Gasteiger partial charge in [0.15, 0.2) is 0 Å². The van der Waals surface area contributed by atoms with E-state index >= 15 is 0 Å². The molecule has 0 heterocycles. The summed E-state index contributed by atoms with van der Waals surface area (Å²) in [5.74, 6) is 0.487. The zero-order valence-corrected chi connectivity index (χ0v) is 11.7. The molecule has 2 rings (SSSR count). The van der Waals surface area contributed by atoms with Crippen molar-refractivity contribution in [2.24, 2.45) is 5.92 Å². The van der Waals surface area contributed by atoms with Crippen molar-refractivity contribution < 1.29 is 8.42 Å². The largest absolute Gasteiger partial charge is 0.398 e. The van der Waals surface area contributed by atoms with Crippen LogP contribution < -0.4 is 10.5 Å². The van der Waals surface area contributed by atoms with Gasteiger partial charge in [0.05, 0.1) is 5.69 Å². The maximum absolute atomic E-state index is 12.0. The summed E-state index contributed by atoms with van der Waals surface area (Å²) in [6, 6.07) is 4.79. The first-order valence-corrected chi connectivity index (χ1v) is 7.81. The lowest BCUT2D eigenvalue weighted by Crippen LogP contribution is -2.32. The molecule has 0 aliphatic heterocycles. The Labute approximate surface area is 110 Å². The summed E-state index contributed by atoms with van der Waals surface area (Å²) >= 11 is 3.25. The van der Waals surface area contributed by atoms with Crippen molar-refractivity contribution in [3.8, 4) is 0 Å². The van der Waals surface area contributed by atoms with E-state index < -0.39 is 10.0 Å². The summed E-state index contributed by atoms with van der Waals surface area (Å²) in [6.07, 6.45) is 3.42. The molecule has 3 N–H and O–H groups in total. The maximum Gasteiger partial charge on any atom is 0.242 e. The van der Waals surface area contributed by atoms with Gasteiger partial charge in [-0.2, -0.15) is 0 Å². The average molecular weight is 319 g/mol. The quantitative estimate of drug-likeness (QED) is 0.835. The van der Waals surface area contributed by atoms with Gasteiger partial charge in [-0.05, 0) is 37.0 Å². The lowest BCUT2D eigenvalue weighted by Gasteiger charge is -2.25. The zero-order valence-electron chi connectivity index (χ0n) is 9.32. The third-order valence-electron chi connectivity index (χ3n) is 3.05. The van der Waals surface area contributed by atoms with E-state index in [4.69, 9.17) is 5.73 Å². The Morgan fingerprint density at radius 3 is 2.65 bits per heavy atom. The van der Waals surface area contributed by atoms with E-state index in [0.29, 0.717) is 12.5 Å². The Kier molecular flexibility index (Phi) is 3.75. The van der Waals surface area contributed by atoms with Gasteiger partial charge in [-0.25, -0.2) is 13.1 Å². The van der Waals surface area contributed by atoms with Gasteiger partial charge in [0.1, 0.15) is 4.90 Å². The van der Waals surface area contributed by atoms with Crippen LogP contribution in [0.25, 0.3) is 0 Å². The lowest BCUT2D eigenvalue weighted by molar-refractivity contribution is 0.316. The highest BCUT2D eigenvalue weighted by atomic mass is 79.9. The Balaban J connectivity index is 2.12. The van der Waals surface area contributed by atoms with Crippen LogP contribution in [0.3, 0.4) is 0 Å². The van der Waals surface area contributed by atoms with E-state index in [-0.39, 0.29) is 10.6 Å². The smallest absolute Gasteiger partial charge is 0.242 e. The molecule has 17 heavy (non-hydrogen) atoms. The van der Waals surface area contributed by atoms with Crippen LogP contribution in [0.2, 0.25) is 0 Å². The molecule has 0 radical (unpaired) electrons. The van der Waals surface area contributed by atoms with Crippen LogP contribution in [0.4, 0.5) is 5.69 Å². The standard InChI is InChI=1S/C11H15BrN2O2S/c12-9-4-5-11(10(13)6-9)17(15,16)14-7-8-2-1-3-8/h4-6,8,14H,1-3,7,13H2. The Morgan fingerprint density at radius 1 is 1.41 bits per heavy atom. The van der Waals surface area contributed by atoms with Crippen molar-refractivity contribution in [1.29, 1.82) is 0 Å². The Bertz CT molecular complexity index is 512. The van der Waals surface area contributed by atoms with Crippen molar-refractivity contribution in [3.63, 3.8) is 0 Å². The summed E-state index contributed by atoms with van der Waals surface area (Å²) in [4.78, 5) is 0.153. The summed E-state index contributed by atoms with van der Waals surface area (Å²) in [5, 5.41) is 0. The first kappa shape index (κ1) is 12.9. The monoisotopic (exact) mass is 318 g/mol. The Morgan fingerprint density at radius 2 is 2.12 bits per heavy atom. The summed E-state index contributed by atoms with van der Waals surface area (Å²) in [6.45, 7) is 0.512. The molecule has 0 unspecified atom stereocenters. The van der Waals surface area contributed by atoms with E-state index in [0.717, 1.165) is 17.3 Å².